The van der Waals surface area contributed by atoms with Crippen LogP contribution in [0.4, 0.5) is 11.4 Å². The summed E-state index contributed by atoms with van der Waals surface area (Å²) >= 11 is 0. The summed E-state index contributed by atoms with van der Waals surface area (Å²) in [7, 11) is 0. The van der Waals surface area contributed by atoms with Crippen molar-refractivity contribution >= 4 is 23.1 Å². The van der Waals surface area contributed by atoms with Gasteiger partial charge in [-0.05, 0) is 29.7 Å². The van der Waals surface area contributed by atoms with Crippen molar-refractivity contribution in [2.24, 2.45) is 5.41 Å². The third-order valence-corrected chi connectivity index (χ3v) is 5.31. The molecule has 2 heterocycles. The van der Waals surface area contributed by atoms with Gasteiger partial charge in [-0.1, -0.05) is 39.0 Å². The van der Waals surface area contributed by atoms with E-state index in [-0.39, 0.29) is 23.1 Å². The van der Waals surface area contributed by atoms with Crippen LogP contribution in [-0.2, 0) is 11.2 Å². The number of aromatic amines is 1. The SMILES string of the molecule is CC(C)(C)CC(=O)NC1CC(=O)c2c([nH]c(-c3ccncc3)c2Nc2ccccc2)C1. The van der Waals surface area contributed by atoms with E-state index in [1.54, 1.807) is 12.4 Å². The number of para-hydroxylation sites is 1. The number of amides is 1. The van der Waals surface area contributed by atoms with Crippen LogP contribution in [0.1, 0.15) is 49.7 Å². The van der Waals surface area contributed by atoms with E-state index in [0.29, 0.717) is 24.8 Å². The Labute approximate surface area is 182 Å². The number of hydrogen-bond acceptors (Lipinski definition) is 4. The van der Waals surface area contributed by atoms with Gasteiger partial charge in [0.15, 0.2) is 5.78 Å². The molecule has 0 saturated carbocycles. The molecule has 1 unspecified atom stereocenters. The molecule has 4 rings (SSSR count). The summed E-state index contributed by atoms with van der Waals surface area (Å²) in [4.78, 5) is 33.2. The number of fused-ring (bicyclic) bond motifs is 1. The minimum atomic E-state index is -0.205. The number of pyridine rings is 1. The van der Waals surface area contributed by atoms with Crippen LogP contribution in [-0.4, -0.2) is 27.7 Å². The summed E-state index contributed by atoms with van der Waals surface area (Å²) in [6.45, 7) is 6.10. The van der Waals surface area contributed by atoms with Crippen molar-refractivity contribution in [3.05, 3.63) is 66.1 Å². The number of anilines is 2. The number of carbonyl (C=O) groups excluding carboxylic acids is 2. The molecule has 0 spiro atoms. The number of nitrogens with one attached hydrogen (secondary N) is 3. The third kappa shape index (κ3) is 4.85. The van der Waals surface area contributed by atoms with E-state index in [1.807, 2.05) is 63.2 Å². The minimum Gasteiger partial charge on any atom is -0.356 e. The number of carbonyl (C=O) groups is 2. The first-order valence-corrected chi connectivity index (χ1v) is 10.6. The smallest absolute Gasteiger partial charge is 0.220 e. The van der Waals surface area contributed by atoms with E-state index in [2.05, 4.69) is 20.6 Å². The number of rotatable bonds is 5. The number of benzene rings is 1. The van der Waals surface area contributed by atoms with Gasteiger partial charge in [-0.2, -0.15) is 0 Å². The normalized spacial score (nSPS) is 16.0. The number of nitrogens with zero attached hydrogens (tertiary/aromatic N) is 1. The zero-order valence-corrected chi connectivity index (χ0v) is 18.2. The Hall–Kier alpha value is -3.41. The maximum absolute atomic E-state index is 13.2. The maximum atomic E-state index is 13.2. The summed E-state index contributed by atoms with van der Waals surface area (Å²) < 4.78 is 0. The van der Waals surface area contributed by atoms with Crippen LogP contribution in [0.15, 0.2) is 54.9 Å². The second-order valence-corrected chi connectivity index (χ2v) is 9.29. The lowest BCUT2D eigenvalue weighted by Crippen LogP contribution is -2.41. The molecule has 31 heavy (non-hydrogen) atoms. The Bertz CT molecular complexity index is 1080. The zero-order valence-electron chi connectivity index (χ0n) is 18.2. The number of ketones is 1. The fourth-order valence-electron chi connectivity index (χ4n) is 4.05. The molecular formula is C25H28N4O2. The van der Waals surface area contributed by atoms with E-state index in [4.69, 9.17) is 0 Å². The molecule has 0 aliphatic heterocycles. The van der Waals surface area contributed by atoms with Crippen molar-refractivity contribution in [3.63, 3.8) is 0 Å². The molecule has 1 atom stereocenters. The van der Waals surface area contributed by atoms with Crippen molar-refractivity contribution in [1.82, 2.24) is 15.3 Å². The first-order valence-electron chi connectivity index (χ1n) is 10.6. The van der Waals surface area contributed by atoms with Crippen LogP contribution in [0, 0.1) is 5.41 Å². The van der Waals surface area contributed by atoms with Crippen LogP contribution in [0.2, 0.25) is 0 Å². The van der Waals surface area contributed by atoms with Crippen LogP contribution in [0.5, 0.6) is 0 Å². The molecule has 2 aromatic heterocycles. The highest BCUT2D eigenvalue weighted by Gasteiger charge is 2.33. The highest BCUT2D eigenvalue weighted by Crippen LogP contribution is 2.38. The van der Waals surface area contributed by atoms with Gasteiger partial charge in [-0.15, -0.1) is 0 Å². The lowest BCUT2D eigenvalue weighted by molar-refractivity contribution is -0.123. The van der Waals surface area contributed by atoms with Gasteiger partial charge in [0, 0.05) is 54.6 Å². The average Bonchev–Trinajstić information content (AvgIpc) is 3.06. The molecule has 0 fully saturated rings. The molecular weight excluding hydrogens is 388 g/mol. The fraction of sp³-hybridized carbons (Fsp3) is 0.320. The summed E-state index contributed by atoms with van der Waals surface area (Å²) in [5, 5.41) is 6.49. The van der Waals surface area contributed by atoms with Crippen LogP contribution in [0.3, 0.4) is 0 Å². The first-order chi connectivity index (χ1) is 14.8. The van der Waals surface area contributed by atoms with Crippen molar-refractivity contribution in [2.75, 3.05) is 5.32 Å². The fourth-order valence-corrected chi connectivity index (χ4v) is 4.05. The molecule has 3 N–H and O–H groups in total. The van der Waals surface area contributed by atoms with Crippen molar-refractivity contribution in [2.45, 2.75) is 46.1 Å². The van der Waals surface area contributed by atoms with Crippen molar-refractivity contribution < 1.29 is 9.59 Å². The third-order valence-electron chi connectivity index (χ3n) is 5.31. The van der Waals surface area contributed by atoms with Gasteiger partial charge < -0.3 is 15.6 Å². The Balaban J connectivity index is 1.67. The van der Waals surface area contributed by atoms with Crippen LogP contribution >= 0.6 is 0 Å². The molecule has 160 valence electrons. The standard InChI is InChI=1S/C25H28N4O2/c1-25(2,3)15-21(31)27-18-13-19-22(20(30)14-18)24(28-17-7-5-4-6-8-17)23(29-19)16-9-11-26-12-10-16/h4-12,18,28-29H,13-15H2,1-3H3,(H,27,31). The summed E-state index contributed by atoms with van der Waals surface area (Å²) in [6, 6.07) is 13.4. The lowest BCUT2D eigenvalue weighted by atomic mass is 9.89. The molecule has 3 aromatic rings. The Morgan fingerprint density at radius 3 is 2.48 bits per heavy atom. The molecule has 6 heteroatoms. The lowest BCUT2D eigenvalue weighted by Gasteiger charge is -2.25. The molecule has 1 aliphatic rings. The monoisotopic (exact) mass is 416 g/mol. The van der Waals surface area contributed by atoms with Crippen LogP contribution < -0.4 is 10.6 Å². The molecule has 0 bridgehead atoms. The van der Waals surface area contributed by atoms with Gasteiger partial charge in [0.2, 0.25) is 5.91 Å². The second kappa shape index (κ2) is 8.38. The van der Waals surface area contributed by atoms with Gasteiger partial charge in [0.1, 0.15) is 0 Å². The van der Waals surface area contributed by atoms with Crippen molar-refractivity contribution in [3.8, 4) is 11.3 Å². The second-order valence-electron chi connectivity index (χ2n) is 9.29. The van der Waals surface area contributed by atoms with Gasteiger partial charge in [0.05, 0.1) is 16.9 Å². The highest BCUT2D eigenvalue weighted by atomic mass is 16.2. The minimum absolute atomic E-state index is 0.0164. The molecule has 0 saturated heterocycles. The quantitative estimate of drug-likeness (QED) is 0.554. The Morgan fingerprint density at radius 2 is 1.81 bits per heavy atom. The maximum Gasteiger partial charge on any atom is 0.220 e. The summed E-state index contributed by atoms with van der Waals surface area (Å²) in [5.41, 5.74) is 4.92. The van der Waals surface area contributed by atoms with Gasteiger partial charge in [-0.25, -0.2) is 0 Å². The predicted molar refractivity (Wildman–Crippen MR) is 122 cm³/mol. The van der Waals surface area contributed by atoms with Crippen molar-refractivity contribution in [1.29, 1.82) is 0 Å². The predicted octanol–water partition coefficient (Wildman–Crippen LogP) is 4.87. The first kappa shape index (κ1) is 20.8. The van der Waals surface area contributed by atoms with E-state index in [1.165, 1.54) is 0 Å². The Kier molecular flexibility index (Phi) is 5.63. The molecule has 0 radical (unpaired) electrons. The van der Waals surface area contributed by atoms with E-state index in [9.17, 15) is 9.59 Å². The average molecular weight is 417 g/mol. The van der Waals surface area contributed by atoms with E-state index >= 15 is 0 Å². The van der Waals surface area contributed by atoms with E-state index < -0.39 is 0 Å². The largest absolute Gasteiger partial charge is 0.356 e. The topological polar surface area (TPSA) is 86.9 Å². The number of Topliss-reactive ketones (excluding diaryl/α,β-unsaturated/α-hetero) is 1. The summed E-state index contributed by atoms with van der Waals surface area (Å²) in [6.07, 6.45) is 4.78. The number of H-pyrrole nitrogens is 1. The van der Waals surface area contributed by atoms with Gasteiger partial charge in [-0.3, -0.25) is 14.6 Å². The van der Waals surface area contributed by atoms with Gasteiger partial charge in [0.25, 0.3) is 0 Å². The molecule has 1 aromatic carbocycles. The number of hydrogen-bond donors (Lipinski definition) is 3. The van der Waals surface area contributed by atoms with Crippen LogP contribution in [0.25, 0.3) is 11.3 Å². The van der Waals surface area contributed by atoms with E-state index in [0.717, 1.165) is 28.3 Å². The molecule has 6 nitrogen and oxygen atoms in total. The summed E-state index contributed by atoms with van der Waals surface area (Å²) in [5.74, 6) is 0.00888. The number of aromatic nitrogens is 2. The molecule has 1 amide bonds. The van der Waals surface area contributed by atoms with Gasteiger partial charge >= 0.3 is 0 Å². The zero-order chi connectivity index (χ0) is 22.0. The molecule has 1 aliphatic carbocycles. The highest BCUT2D eigenvalue weighted by molar-refractivity contribution is 6.08. The Morgan fingerprint density at radius 1 is 1.10 bits per heavy atom.